The zero-order chi connectivity index (χ0) is 21.4. The number of aldehydes is 1. The van der Waals surface area contributed by atoms with Gasteiger partial charge in [-0.25, -0.2) is 0 Å². The Bertz CT molecular complexity index is 714. The minimum Gasteiger partial charge on any atom is -0.393 e. The van der Waals surface area contributed by atoms with E-state index in [4.69, 9.17) is 4.74 Å². The van der Waals surface area contributed by atoms with Gasteiger partial charge in [-0.2, -0.15) is 0 Å². The van der Waals surface area contributed by atoms with Gasteiger partial charge >= 0.3 is 0 Å². The highest BCUT2D eigenvalue weighted by Crippen LogP contribution is 2.67. The Balaban J connectivity index is 2.08. The van der Waals surface area contributed by atoms with Crippen LogP contribution in [0.15, 0.2) is 23.8 Å². The minimum absolute atomic E-state index is 0.0640. The number of carbonyl (C=O) groups excluding carboxylic acids is 2. The maximum atomic E-state index is 12.8. The van der Waals surface area contributed by atoms with Crippen molar-refractivity contribution < 1.29 is 29.6 Å². The number of allylic oxidation sites excluding steroid dienone is 4. The number of hydrogen-bond acceptors (Lipinski definition) is 6. The molecule has 0 heterocycles. The molecule has 0 amide bonds. The average molecular weight is 407 g/mol. The highest BCUT2D eigenvalue weighted by Gasteiger charge is 2.68. The third-order valence-electron chi connectivity index (χ3n) is 8.39. The molecule has 6 nitrogen and oxygen atoms in total. The first-order valence-electron chi connectivity index (χ1n) is 10.6. The van der Waals surface area contributed by atoms with E-state index < -0.39 is 41.7 Å². The van der Waals surface area contributed by atoms with Crippen molar-refractivity contribution in [1.82, 2.24) is 0 Å². The van der Waals surface area contributed by atoms with E-state index in [9.17, 15) is 24.9 Å². The van der Waals surface area contributed by atoms with Gasteiger partial charge in [0.2, 0.25) is 0 Å². The Morgan fingerprint density at radius 1 is 1.28 bits per heavy atom. The van der Waals surface area contributed by atoms with Gasteiger partial charge in [0.25, 0.3) is 0 Å². The predicted molar refractivity (Wildman–Crippen MR) is 108 cm³/mol. The monoisotopic (exact) mass is 406 g/mol. The number of aliphatic hydroxyl groups excluding tert-OH is 3. The fourth-order valence-corrected chi connectivity index (χ4v) is 7.32. The lowest BCUT2D eigenvalue weighted by molar-refractivity contribution is -0.210. The summed E-state index contributed by atoms with van der Waals surface area (Å²) in [5, 5.41) is 30.5. The smallest absolute Gasteiger partial charge is 0.190 e. The Hall–Kier alpha value is -1.34. The molecule has 0 aromatic carbocycles. The topological polar surface area (TPSA) is 104 Å². The number of rotatable bonds is 6. The van der Waals surface area contributed by atoms with E-state index >= 15 is 0 Å². The van der Waals surface area contributed by atoms with Crippen LogP contribution < -0.4 is 0 Å². The Labute approximate surface area is 172 Å². The molecule has 0 saturated heterocycles. The fraction of sp³-hybridized carbons (Fsp3) is 0.739. The second-order valence-electron chi connectivity index (χ2n) is 9.35. The van der Waals surface area contributed by atoms with Crippen molar-refractivity contribution in [2.45, 2.75) is 64.6 Å². The summed E-state index contributed by atoms with van der Waals surface area (Å²) in [5.74, 6) is -0.202. The molecule has 3 N–H and O–H groups in total. The number of carbonyl (C=O) groups is 2. The van der Waals surface area contributed by atoms with Crippen molar-refractivity contribution in [3.8, 4) is 0 Å². The molecular weight excluding hydrogens is 372 g/mol. The number of hydrogen-bond donors (Lipinski definition) is 3. The Morgan fingerprint density at radius 2 is 2.00 bits per heavy atom. The Kier molecular flexibility index (Phi) is 6.21. The molecule has 0 aromatic rings. The second kappa shape index (κ2) is 8.06. The molecule has 0 bridgehead atoms. The molecule has 6 heteroatoms. The summed E-state index contributed by atoms with van der Waals surface area (Å²) >= 11 is 0. The predicted octanol–water partition coefficient (Wildman–Crippen LogP) is 2.17. The van der Waals surface area contributed by atoms with E-state index in [0.717, 1.165) is 31.1 Å². The molecule has 5 unspecified atom stereocenters. The van der Waals surface area contributed by atoms with E-state index in [-0.39, 0.29) is 17.8 Å². The average Bonchev–Trinajstić information content (AvgIpc) is 2.96. The van der Waals surface area contributed by atoms with Crippen LogP contribution in [0.2, 0.25) is 0 Å². The normalized spacial score (nSPS) is 45.9. The van der Waals surface area contributed by atoms with Crippen LogP contribution in [0.1, 0.15) is 52.9 Å². The Morgan fingerprint density at radius 3 is 2.59 bits per heavy atom. The van der Waals surface area contributed by atoms with E-state index in [2.05, 4.69) is 13.0 Å². The molecule has 3 saturated carbocycles. The number of aliphatic hydroxyl groups is 3. The highest BCUT2D eigenvalue weighted by molar-refractivity contribution is 5.90. The molecular formula is C23H34O6. The van der Waals surface area contributed by atoms with Crippen molar-refractivity contribution in [2.75, 3.05) is 13.4 Å². The van der Waals surface area contributed by atoms with Crippen molar-refractivity contribution in [1.29, 1.82) is 0 Å². The van der Waals surface area contributed by atoms with Gasteiger partial charge in [-0.05, 0) is 56.9 Å². The third kappa shape index (κ3) is 3.07. The maximum absolute atomic E-state index is 12.8. The van der Waals surface area contributed by atoms with Gasteiger partial charge in [0, 0.05) is 16.7 Å². The number of Topliss-reactive ketones (excluding diaryl/α,β-unsaturated/α-hetero) is 1. The van der Waals surface area contributed by atoms with Crippen LogP contribution in [0.5, 0.6) is 0 Å². The molecule has 0 aliphatic heterocycles. The number of fused-ring (bicyclic) bond motifs is 3. The molecule has 0 spiro atoms. The van der Waals surface area contributed by atoms with E-state index in [0.29, 0.717) is 12.8 Å². The minimum atomic E-state index is -1.27. The van der Waals surface area contributed by atoms with Crippen LogP contribution in [0.3, 0.4) is 0 Å². The second-order valence-corrected chi connectivity index (χ2v) is 9.35. The lowest BCUT2D eigenvalue weighted by Crippen LogP contribution is -2.62. The molecule has 3 fully saturated rings. The first kappa shape index (κ1) is 22.3. The molecule has 3 aliphatic carbocycles. The molecule has 3 aliphatic rings. The number of ether oxygens (including phenoxy) is 1. The standard InChI is InChI=1S/C23H34O6/c1-4-9-21(2)15(8-11-24)5-6-16-17-7-10-23(29-14-26,19(28)13-25)22(17,3)12-18(27)20(16)21/h4,8-9,11,16-18,20,25-27H,5-7,10,12-14H2,1-3H3/b9-4-,15-8-/t16?,17?,18?,20?,21?,22-,23-/m0/s1. The molecule has 29 heavy (non-hydrogen) atoms. The largest absolute Gasteiger partial charge is 0.393 e. The van der Waals surface area contributed by atoms with Gasteiger partial charge < -0.3 is 20.1 Å². The highest BCUT2D eigenvalue weighted by atomic mass is 16.6. The van der Waals surface area contributed by atoms with Gasteiger partial charge in [-0.1, -0.05) is 31.6 Å². The maximum Gasteiger partial charge on any atom is 0.190 e. The lowest BCUT2D eigenvalue weighted by Gasteiger charge is -2.59. The number of ketones is 1. The van der Waals surface area contributed by atoms with Crippen LogP contribution in [-0.2, 0) is 14.3 Å². The van der Waals surface area contributed by atoms with Gasteiger partial charge in [-0.15, -0.1) is 0 Å². The van der Waals surface area contributed by atoms with E-state index in [1.165, 1.54) is 0 Å². The van der Waals surface area contributed by atoms with Gasteiger partial charge in [0.05, 0.1) is 6.10 Å². The summed E-state index contributed by atoms with van der Waals surface area (Å²) in [7, 11) is 0. The first-order chi connectivity index (χ1) is 13.8. The summed E-state index contributed by atoms with van der Waals surface area (Å²) < 4.78 is 5.67. The SMILES string of the molecule is C/C=C\C1(C)/C(=C\C=O)CCC2C1C(O)C[C@@]1(C)C2CC[C@]1(OCO)C(=O)CO. The summed E-state index contributed by atoms with van der Waals surface area (Å²) in [4.78, 5) is 24.0. The van der Waals surface area contributed by atoms with Crippen molar-refractivity contribution >= 4 is 12.1 Å². The summed E-state index contributed by atoms with van der Waals surface area (Å²) in [6.45, 7) is 4.77. The van der Waals surface area contributed by atoms with Crippen molar-refractivity contribution in [3.63, 3.8) is 0 Å². The molecule has 162 valence electrons. The van der Waals surface area contributed by atoms with Crippen LogP contribution in [0.4, 0.5) is 0 Å². The molecule has 0 aromatic heterocycles. The van der Waals surface area contributed by atoms with Crippen LogP contribution in [-0.4, -0.2) is 52.5 Å². The zero-order valence-electron chi connectivity index (χ0n) is 17.6. The first-order valence-corrected chi connectivity index (χ1v) is 10.6. The van der Waals surface area contributed by atoms with Crippen molar-refractivity contribution in [3.05, 3.63) is 23.8 Å². The van der Waals surface area contributed by atoms with Gasteiger partial charge in [-0.3, -0.25) is 9.59 Å². The van der Waals surface area contributed by atoms with Crippen LogP contribution in [0, 0.1) is 28.6 Å². The summed E-state index contributed by atoms with van der Waals surface area (Å²) in [6, 6.07) is 0. The third-order valence-corrected chi connectivity index (χ3v) is 8.39. The van der Waals surface area contributed by atoms with Gasteiger partial charge in [0.1, 0.15) is 25.3 Å². The van der Waals surface area contributed by atoms with E-state index in [1.54, 1.807) is 6.08 Å². The van der Waals surface area contributed by atoms with Crippen LogP contribution >= 0.6 is 0 Å². The summed E-state index contributed by atoms with van der Waals surface area (Å²) in [6.07, 6.45) is 8.97. The zero-order valence-corrected chi connectivity index (χ0v) is 17.6. The lowest BCUT2D eigenvalue weighted by atomic mass is 9.46. The van der Waals surface area contributed by atoms with Gasteiger partial charge in [0.15, 0.2) is 5.78 Å². The van der Waals surface area contributed by atoms with Crippen molar-refractivity contribution in [2.24, 2.45) is 28.6 Å². The molecule has 3 rings (SSSR count). The van der Waals surface area contributed by atoms with Crippen LogP contribution in [0.25, 0.3) is 0 Å². The summed E-state index contributed by atoms with van der Waals surface area (Å²) in [5.41, 5.74) is -1.33. The molecule has 0 radical (unpaired) electrons. The van der Waals surface area contributed by atoms with E-state index in [1.807, 2.05) is 19.9 Å². The fourth-order valence-electron chi connectivity index (χ4n) is 7.32. The quantitative estimate of drug-likeness (QED) is 0.270. The molecule has 7 atom stereocenters.